The van der Waals surface area contributed by atoms with E-state index in [4.69, 9.17) is 0 Å². The van der Waals surface area contributed by atoms with Crippen LogP contribution in [0.25, 0.3) is 48.0 Å². The van der Waals surface area contributed by atoms with Crippen molar-refractivity contribution in [3.63, 3.8) is 0 Å². The molecule has 9 aromatic rings. The van der Waals surface area contributed by atoms with Gasteiger partial charge in [-0.25, -0.2) is 0 Å². The summed E-state index contributed by atoms with van der Waals surface area (Å²) in [6, 6.07) is 72.2. The van der Waals surface area contributed by atoms with Crippen LogP contribution in [0.2, 0.25) is 0 Å². The van der Waals surface area contributed by atoms with Crippen molar-refractivity contribution in [1.82, 2.24) is 0 Å². The first kappa shape index (κ1) is 35.7. The van der Waals surface area contributed by atoms with Crippen LogP contribution in [-0.2, 0) is 5.41 Å². The van der Waals surface area contributed by atoms with Crippen LogP contribution in [0.3, 0.4) is 0 Å². The fraction of sp³-hybridized carbons (Fsp3) is 0.0508. The van der Waals surface area contributed by atoms with Crippen LogP contribution in [0.15, 0.2) is 236 Å². The number of hydrogen-bond acceptors (Lipinski definition) is 2. The first-order chi connectivity index (χ1) is 30.3. The summed E-state index contributed by atoms with van der Waals surface area (Å²) in [6.45, 7) is 0. The molecule has 0 saturated carbocycles. The predicted molar refractivity (Wildman–Crippen MR) is 259 cm³/mol. The maximum atomic E-state index is 2.50. The standard InChI is InChI=1S/C59H41NS/c1-3-19-45(20-4-1)59(46-21-5-2-6-22-46)53-28-11-9-25-52(53)57-54(59)29-15-30-55(57)60(48-23-13-18-43(39-48)44-33-32-40-16-7-8-17-42(40)38-44)47-36-34-41(35-37-47)49-26-14-27-51-50-24-10-12-31-56(50)61-58(49)51/h1-31,33-40H,32H2. The van der Waals surface area contributed by atoms with Crippen molar-refractivity contribution in [3.05, 3.63) is 264 Å². The van der Waals surface area contributed by atoms with E-state index in [9.17, 15) is 0 Å². The molecule has 3 aliphatic carbocycles. The van der Waals surface area contributed by atoms with E-state index in [1.165, 1.54) is 81.4 Å². The highest BCUT2D eigenvalue weighted by molar-refractivity contribution is 7.26. The number of anilines is 3. The molecule has 288 valence electrons. The largest absolute Gasteiger partial charge is 0.310 e. The molecule has 1 unspecified atom stereocenters. The summed E-state index contributed by atoms with van der Waals surface area (Å²) in [6.07, 6.45) is 14.7. The van der Waals surface area contributed by atoms with Crippen LogP contribution >= 0.6 is 11.3 Å². The molecule has 12 rings (SSSR count). The second-order valence-corrected chi connectivity index (χ2v) is 17.4. The third-order valence-corrected chi connectivity index (χ3v) is 14.3. The highest BCUT2D eigenvalue weighted by Gasteiger charge is 2.47. The molecule has 0 radical (unpaired) electrons. The van der Waals surface area contributed by atoms with Crippen LogP contribution in [0, 0.1) is 5.92 Å². The number of benzene rings is 8. The van der Waals surface area contributed by atoms with E-state index in [0.717, 1.165) is 23.5 Å². The van der Waals surface area contributed by atoms with Crippen molar-refractivity contribution in [2.75, 3.05) is 4.90 Å². The topological polar surface area (TPSA) is 3.24 Å². The fourth-order valence-electron chi connectivity index (χ4n) is 10.3. The molecule has 1 heterocycles. The maximum absolute atomic E-state index is 2.50. The van der Waals surface area contributed by atoms with Gasteiger partial charge in [-0.3, -0.25) is 0 Å². The number of hydrogen-bond donors (Lipinski definition) is 0. The predicted octanol–water partition coefficient (Wildman–Crippen LogP) is 16.0. The highest BCUT2D eigenvalue weighted by Crippen LogP contribution is 2.59. The molecule has 0 saturated heterocycles. The van der Waals surface area contributed by atoms with Crippen LogP contribution in [0.1, 0.15) is 34.2 Å². The Morgan fingerprint density at radius 3 is 2.05 bits per heavy atom. The Morgan fingerprint density at radius 2 is 1.21 bits per heavy atom. The van der Waals surface area contributed by atoms with Crippen molar-refractivity contribution in [1.29, 1.82) is 0 Å². The zero-order valence-corrected chi connectivity index (χ0v) is 34.4. The Morgan fingerprint density at radius 1 is 0.525 bits per heavy atom. The van der Waals surface area contributed by atoms with Gasteiger partial charge < -0.3 is 4.90 Å². The van der Waals surface area contributed by atoms with E-state index in [0.29, 0.717) is 5.92 Å². The molecule has 1 aromatic heterocycles. The van der Waals surface area contributed by atoms with Gasteiger partial charge in [0.2, 0.25) is 0 Å². The summed E-state index contributed by atoms with van der Waals surface area (Å²) in [7, 11) is 0. The summed E-state index contributed by atoms with van der Waals surface area (Å²) in [4.78, 5) is 2.50. The van der Waals surface area contributed by atoms with E-state index in [2.05, 4.69) is 235 Å². The van der Waals surface area contributed by atoms with Crippen LogP contribution in [0.4, 0.5) is 17.1 Å². The average Bonchev–Trinajstić information content (AvgIpc) is 3.87. The molecule has 0 N–H and O–H groups in total. The Bertz CT molecular complexity index is 3230. The van der Waals surface area contributed by atoms with Gasteiger partial charge in [0, 0.05) is 43.0 Å². The Labute approximate surface area is 361 Å². The lowest BCUT2D eigenvalue weighted by Gasteiger charge is -2.34. The van der Waals surface area contributed by atoms with E-state index < -0.39 is 5.41 Å². The van der Waals surface area contributed by atoms with E-state index in [1.54, 1.807) is 0 Å². The molecular formula is C59H41NS. The average molecular weight is 796 g/mol. The van der Waals surface area contributed by atoms with Gasteiger partial charge in [0.1, 0.15) is 0 Å². The van der Waals surface area contributed by atoms with Crippen LogP contribution in [-0.4, -0.2) is 0 Å². The molecule has 0 bridgehead atoms. The highest BCUT2D eigenvalue weighted by atomic mass is 32.1. The molecule has 3 aliphatic rings. The molecule has 8 aromatic carbocycles. The molecule has 0 aliphatic heterocycles. The second kappa shape index (κ2) is 14.5. The molecule has 61 heavy (non-hydrogen) atoms. The summed E-state index contributed by atoms with van der Waals surface area (Å²) in [5.41, 5.74) is 16.9. The Kier molecular flexibility index (Phi) is 8.47. The second-order valence-electron chi connectivity index (χ2n) is 16.3. The SMILES string of the molecule is C1=CC2=CC(c3cccc(N(c4ccc(-c5cccc6c5sc5ccccc56)cc4)c4cccc5c4-c4ccccc4C5(c4ccccc4)c4ccccc4)c3)=CCC2C=C1. The lowest BCUT2D eigenvalue weighted by Crippen LogP contribution is -2.28. The Balaban J connectivity index is 1.07. The van der Waals surface area contributed by atoms with Crippen LogP contribution < -0.4 is 4.90 Å². The number of allylic oxidation sites excluding steroid dienone is 8. The van der Waals surface area contributed by atoms with Gasteiger partial charge in [-0.2, -0.15) is 0 Å². The first-order valence-corrected chi connectivity index (χ1v) is 22.1. The van der Waals surface area contributed by atoms with Gasteiger partial charge in [-0.1, -0.05) is 194 Å². The van der Waals surface area contributed by atoms with Crippen molar-refractivity contribution in [2.24, 2.45) is 5.92 Å². The number of nitrogens with zero attached hydrogens (tertiary/aromatic N) is 1. The monoisotopic (exact) mass is 795 g/mol. The fourth-order valence-corrected chi connectivity index (χ4v) is 11.6. The first-order valence-electron chi connectivity index (χ1n) is 21.3. The van der Waals surface area contributed by atoms with Crippen LogP contribution in [0.5, 0.6) is 0 Å². The zero-order valence-electron chi connectivity index (χ0n) is 33.6. The summed E-state index contributed by atoms with van der Waals surface area (Å²) in [5.74, 6) is 0.451. The smallest absolute Gasteiger partial charge is 0.0714 e. The third kappa shape index (κ3) is 5.67. The van der Waals surface area contributed by atoms with Gasteiger partial charge in [-0.15, -0.1) is 11.3 Å². The zero-order chi connectivity index (χ0) is 40.3. The quantitative estimate of drug-likeness (QED) is 0.155. The number of thiophene rings is 1. The van der Waals surface area contributed by atoms with Crippen molar-refractivity contribution in [2.45, 2.75) is 11.8 Å². The van der Waals surface area contributed by atoms with Crippen molar-refractivity contribution < 1.29 is 0 Å². The normalized spacial score (nSPS) is 15.8. The molecule has 2 heteroatoms. The number of fused-ring (bicyclic) bond motifs is 7. The number of rotatable bonds is 7. The van der Waals surface area contributed by atoms with Gasteiger partial charge in [0.05, 0.1) is 11.1 Å². The summed E-state index contributed by atoms with van der Waals surface area (Å²) >= 11 is 1.88. The van der Waals surface area contributed by atoms with E-state index >= 15 is 0 Å². The molecule has 1 nitrogen and oxygen atoms in total. The minimum absolute atomic E-state index is 0.451. The van der Waals surface area contributed by atoms with Crippen molar-refractivity contribution >= 4 is 54.1 Å². The molecule has 0 spiro atoms. The summed E-state index contributed by atoms with van der Waals surface area (Å²) < 4.78 is 2.65. The van der Waals surface area contributed by atoms with E-state index in [-0.39, 0.29) is 0 Å². The van der Waals surface area contributed by atoms with Gasteiger partial charge in [0.15, 0.2) is 0 Å². The lowest BCUT2D eigenvalue weighted by molar-refractivity contribution is 0.768. The molecule has 0 amide bonds. The maximum Gasteiger partial charge on any atom is 0.0714 e. The van der Waals surface area contributed by atoms with Gasteiger partial charge in [0.25, 0.3) is 0 Å². The minimum Gasteiger partial charge on any atom is -0.310 e. The Hall–Kier alpha value is -7.26. The molecular weight excluding hydrogens is 755 g/mol. The van der Waals surface area contributed by atoms with Crippen molar-refractivity contribution in [3.8, 4) is 22.3 Å². The minimum atomic E-state index is -0.498. The lowest BCUT2D eigenvalue weighted by atomic mass is 9.68. The van der Waals surface area contributed by atoms with Gasteiger partial charge >= 0.3 is 0 Å². The molecule has 0 fully saturated rings. The van der Waals surface area contributed by atoms with Gasteiger partial charge in [-0.05, 0) is 98.5 Å². The summed E-state index contributed by atoms with van der Waals surface area (Å²) in [5, 5.41) is 2.64. The third-order valence-electron chi connectivity index (χ3n) is 13.1. The van der Waals surface area contributed by atoms with E-state index in [1.807, 2.05) is 11.3 Å². The molecule has 1 atom stereocenters.